The van der Waals surface area contributed by atoms with Crippen molar-refractivity contribution in [2.24, 2.45) is 5.92 Å². The Morgan fingerprint density at radius 2 is 1.87 bits per heavy atom. The van der Waals surface area contributed by atoms with Gasteiger partial charge in [0.15, 0.2) is 0 Å². The van der Waals surface area contributed by atoms with E-state index < -0.39 is 0 Å². The fourth-order valence-corrected chi connectivity index (χ4v) is 1.76. The predicted molar refractivity (Wildman–Crippen MR) is 55.0 cm³/mol. The number of carbonyl (C=O) groups is 3. The number of rotatable bonds is 4. The van der Waals surface area contributed by atoms with Gasteiger partial charge in [0.05, 0.1) is 0 Å². The molecular weight excluding hydrogens is 194 g/mol. The molecule has 84 valence electrons. The van der Waals surface area contributed by atoms with Crippen molar-refractivity contribution in [1.29, 1.82) is 0 Å². The molecule has 0 saturated carbocycles. The summed E-state index contributed by atoms with van der Waals surface area (Å²) >= 11 is 0. The predicted octanol–water partition coefficient (Wildman–Crippen LogP) is 1.14. The van der Waals surface area contributed by atoms with Crippen molar-refractivity contribution < 1.29 is 14.4 Å². The molecule has 0 bridgehead atoms. The first-order chi connectivity index (χ1) is 7.00. The van der Waals surface area contributed by atoms with Crippen LogP contribution in [0, 0.1) is 5.92 Å². The maximum absolute atomic E-state index is 11.5. The van der Waals surface area contributed by atoms with Gasteiger partial charge in [0.1, 0.15) is 5.78 Å². The molecule has 1 aliphatic rings. The summed E-state index contributed by atoms with van der Waals surface area (Å²) in [4.78, 5) is 35.0. The molecule has 0 radical (unpaired) electrons. The van der Waals surface area contributed by atoms with E-state index in [1.54, 1.807) is 0 Å². The van der Waals surface area contributed by atoms with Crippen LogP contribution >= 0.6 is 0 Å². The summed E-state index contributed by atoms with van der Waals surface area (Å²) in [5.74, 6) is 0.0685. The van der Waals surface area contributed by atoms with Crippen LogP contribution in [0.5, 0.6) is 0 Å². The highest BCUT2D eigenvalue weighted by molar-refractivity contribution is 5.97. The van der Waals surface area contributed by atoms with Gasteiger partial charge in [-0.2, -0.15) is 0 Å². The Bertz CT molecular complexity index is 268. The van der Waals surface area contributed by atoms with Crippen molar-refractivity contribution in [2.75, 3.05) is 6.54 Å². The van der Waals surface area contributed by atoms with Crippen LogP contribution in [0.2, 0.25) is 0 Å². The van der Waals surface area contributed by atoms with E-state index in [2.05, 4.69) is 0 Å². The number of carbonyl (C=O) groups excluding carboxylic acids is 3. The molecule has 4 heteroatoms. The normalized spacial score (nSPS) is 18.4. The number of amides is 2. The molecule has 1 saturated heterocycles. The maximum atomic E-state index is 11.5. The maximum Gasteiger partial charge on any atom is 0.229 e. The first-order valence-corrected chi connectivity index (χ1v) is 5.33. The largest absolute Gasteiger partial charge is 0.300 e. The lowest BCUT2D eigenvalue weighted by Gasteiger charge is -2.28. The van der Waals surface area contributed by atoms with E-state index in [0.29, 0.717) is 32.2 Å². The molecule has 1 heterocycles. The lowest BCUT2D eigenvalue weighted by Crippen LogP contribution is -2.43. The molecule has 0 aliphatic carbocycles. The fourth-order valence-electron chi connectivity index (χ4n) is 1.76. The first kappa shape index (κ1) is 11.9. The van der Waals surface area contributed by atoms with E-state index in [0.717, 1.165) is 0 Å². The van der Waals surface area contributed by atoms with E-state index in [-0.39, 0.29) is 23.5 Å². The van der Waals surface area contributed by atoms with Crippen LogP contribution in [0.1, 0.15) is 39.5 Å². The van der Waals surface area contributed by atoms with Crippen LogP contribution in [-0.2, 0) is 14.4 Å². The first-order valence-electron chi connectivity index (χ1n) is 5.33. The van der Waals surface area contributed by atoms with Crippen LogP contribution in [0.4, 0.5) is 0 Å². The molecule has 0 atom stereocenters. The van der Waals surface area contributed by atoms with Crippen molar-refractivity contribution in [3.8, 4) is 0 Å². The molecule has 4 nitrogen and oxygen atoms in total. The monoisotopic (exact) mass is 211 g/mol. The highest BCUT2D eigenvalue weighted by atomic mass is 16.2. The van der Waals surface area contributed by atoms with E-state index in [4.69, 9.17) is 0 Å². The number of likely N-dealkylation sites (tertiary alicyclic amines) is 1. The summed E-state index contributed by atoms with van der Waals surface area (Å²) in [6.45, 7) is 3.81. The van der Waals surface area contributed by atoms with Crippen LogP contribution in [0.3, 0.4) is 0 Å². The lowest BCUT2D eigenvalue weighted by molar-refractivity contribution is -0.150. The minimum Gasteiger partial charge on any atom is -0.300 e. The molecule has 2 amide bonds. The zero-order chi connectivity index (χ0) is 11.4. The number of Topliss-reactive ketones (excluding diaryl/α,β-unsaturated/α-hetero) is 1. The van der Waals surface area contributed by atoms with Crippen molar-refractivity contribution in [1.82, 2.24) is 4.90 Å². The Morgan fingerprint density at radius 3 is 2.33 bits per heavy atom. The van der Waals surface area contributed by atoms with E-state index >= 15 is 0 Å². The van der Waals surface area contributed by atoms with Crippen LogP contribution in [-0.4, -0.2) is 29.0 Å². The van der Waals surface area contributed by atoms with E-state index in [1.807, 2.05) is 6.92 Å². The van der Waals surface area contributed by atoms with Crippen LogP contribution in [0.25, 0.3) is 0 Å². The highest BCUT2D eigenvalue weighted by Gasteiger charge is 2.29. The second kappa shape index (κ2) is 5.05. The molecular formula is C11H17NO3. The molecule has 0 aromatic rings. The summed E-state index contributed by atoms with van der Waals surface area (Å²) in [7, 11) is 0. The number of hydrogen-bond acceptors (Lipinski definition) is 3. The van der Waals surface area contributed by atoms with Gasteiger partial charge in [-0.1, -0.05) is 6.92 Å². The van der Waals surface area contributed by atoms with E-state index in [1.165, 1.54) is 11.8 Å². The standard InChI is InChI=1S/C11H17NO3/c1-8-6-10(14)12(11(15)7-8)5-3-4-9(2)13/h8H,3-7H2,1-2H3. The molecule has 1 aliphatic heterocycles. The van der Waals surface area contributed by atoms with Gasteiger partial charge in [0, 0.05) is 25.8 Å². The minimum atomic E-state index is -0.0951. The number of ketones is 1. The van der Waals surface area contributed by atoms with Gasteiger partial charge < -0.3 is 4.79 Å². The Balaban J connectivity index is 2.43. The number of nitrogens with zero attached hydrogens (tertiary/aromatic N) is 1. The van der Waals surface area contributed by atoms with Crippen molar-refractivity contribution in [2.45, 2.75) is 39.5 Å². The minimum absolute atomic E-state index is 0.0951. The van der Waals surface area contributed by atoms with E-state index in [9.17, 15) is 14.4 Å². The summed E-state index contributed by atoms with van der Waals surface area (Å²) < 4.78 is 0. The fraction of sp³-hybridized carbons (Fsp3) is 0.727. The topological polar surface area (TPSA) is 54.5 Å². The van der Waals surface area contributed by atoms with Gasteiger partial charge in [-0.25, -0.2) is 0 Å². The number of hydrogen-bond donors (Lipinski definition) is 0. The molecule has 0 N–H and O–H groups in total. The summed E-state index contributed by atoms with van der Waals surface area (Å²) in [5.41, 5.74) is 0. The highest BCUT2D eigenvalue weighted by Crippen LogP contribution is 2.18. The quantitative estimate of drug-likeness (QED) is 0.655. The SMILES string of the molecule is CC(=O)CCCN1C(=O)CC(C)CC1=O. The summed E-state index contributed by atoms with van der Waals surface area (Å²) in [6, 6.07) is 0. The van der Waals surface area contributed by atoms with Crippen LogP contribution in [0.15, 0.2) is 0 Å². The Labute approximate surface area is 89.6 Å². The van der Waals surface area contributed by atoms with Crippen molar-refractivity contribution in [3.05, 3.63) is 0 Å². The zero-order valence-corrected chi connectivity index (χ0v) is 9.28. The average molecular weight is 211 g/mol. The smallest absolute Gasteiger partial charge is 0.229 e. The van der Waals surface area contributed by atoms with Crippen molar-refractivity contribution >= 4 is 17.6 Å². The summed E-state index contributed by atoms with van der Waals surface area (Å²) in [6.07, 6.45) is 1.92. The molecule has 15 heavy (non-hydrogen) atoms. The second-order valence-electron chi connectivity index (χ2n) is 4.26. The second-order valence-corrected chi connectivity index (χ2v) is 4.26. The third-order valence-corrected chi connectivity index (χ3v) is 2.56. The lowest BCUT2D eigenvalue weighted by atomic mass is 9.97. The van der Waals surface area contributed by atoms with Gasteiger partial charge in [0.2, 0.25) is 11.8 Å². The Kier molecular flexibility index (Phi) is 4.00. The van der Waals surface area contributed by atoms with Crippen molar-refractivity contribution in [3.63, 3.8) is 0 Å². The molecule has 0 unspecified atom stereocenters. The third kappa shape index (κ3) is 3.46. The van der Waals surface area contributed by atoms with Crippen LogP contribution < -0.4 is 0 Å². The van der Waals surface area contributed by atoms with Gasteiger partial charge in [0.25, 0.3) is 0 Å². The molecule has 0 spiro atoms. The Hall–Kier alpha value is -1.19. The zero-order valence-electron chi connectivity index (χ0n) is 9.28. The van der Waals surface area contributed by atoms with Gasteiger partial charge in [-0.05, 0) is 19.3 Å². The molecule has 0 aromatic carbocycles. The Morgan fingerprint density at radius 1 is 1.33 bits per heavy atom. The third-order valence-electron chi connectivity index (χ3n) is 2.56. The van der Waals surface area contributed by atoms with Gasteiger partial charge >= 0.3 is 0 Å². The number of piperidine rings is 1. The van der Waals surface area contributed by atoms with Gasteiger partial charge in [-0.15, -0.1) is 0 Å². The average Bonchev–Trinajstić information content (AvgIpc) is 2.08. The molecule has 1 fully saturated rings. The molecule has 1 rings (SSSR count). The van der Waals surface area contributed by atoms with Gasteiger partial charge in [-0.3, -0.25) is 14.5 Å². The summed E-state index contributed by atoms with van der Waals surface area (Å²) in [5, 5.41) is 0. The number of imide groups is 1. The molecule has 0 aromatic heterocycles.